The number of hydrogen-bond acceptors (Lipinski definition) is 6. The van der Waals surface area contributed by atoms with Crippen molar-refractivity contribution in [1.82, 2.24) is 24.5 Å². The molecule has 0 N–H and O–H groups in total. The van der Waals surface area contributed by atoms with Crippen LogP contribution in [0.15, 0.2) is 78.9 Å². The third kappa shape index (κ3) is 3.90. The Kier molecular flexibility index (Phi) is 5.69. The maximum Gasteiger partial charge on any atom is 0.253 e. The van der Waals surface area contributed by atoms with Gasteiger partial charge in [0.15, 0.2) is 11.5 Å². The van der Waals surface area contributed by atoms with Gasteiger partial charge in [-0.2, -0.15) is 0 Å². The van der Waals surface area contributed by atoms with Crippen molar-refractivity contribution in [2.75, 3.05) is 38.2 Å². The highest BCUT2D eigenvalue weighted by Crippen LogP contribution is 2.29. The molecule has 5 aromatic rings. The molecule has 1 amide bonds. The highest BCUT2D eigenvalue weighted by atomic mass is 16.5. The summed E-state index contributed by atoms with van der Waals surface area (Å²) < 4.78 is 7.37. The van der Waals surface area contributed by atoms with Gasteiger partial charge in [-0.05, 0) is 55.0 Å². The van der Waals surface area contributed by atoms with Gasteiger partial charge in [0, 0.05) is 42.7 Å². The van der Waals surface area contributed by atoms with Gasteiger partial charge in [-0.25, -0.2) is 9.38 Å². The van der Waals surface area contributed by atoms with Crippen LogP contribution in [0, 0.1) is 0 Å². The van der Waals surface area contributed by atoms with Crippen molar-refractivity contribution in [3.8, 4) is 17.1 Å². The lowest BCUT2D eigenvalue weighted by Gasteiger charge is -2.24. The molecule has 0 saturated carbocycles. The fourth-order valence-electron chi connectivity index (χ4n) is 4.79. The van der Waals surface area contributed by atoms with Crippen LogP contribution in [0.4, 0.5) is 5.95 Å². The van der Waals surface area contributed by atoms with Crippen molar-refractivity contribution in [3.63, 3.8) is 0 Å². The van der Waals surface area contributed by atoms with E-state index in [1.807, 2.05) is 88.2 Å². The first-order valence-electron chi connectivity index (χ1n) is 12.1. The molecule has 0 spiro atoms. The van der Waals surface area contributed by atoms with Crippen molar-refractivity contribution >= 4 is 28.4 Å². The number of aromatic nitrogens is 4. The van der Waals surface area contributed by atoms with E-state index in [0.29, 0.717) is 19.6 Å². The van der Waals surface area contributed by atoms with Crippen molar-refractivity contribution in [2.45, 2.75) is 6.42 Å². The van der Waals surface area contributed by atoms with Gasteiger partial charge in [0.25, 0.3) is 5.91 Å². The summed E-state index contributed by atoms with van der Waals surface area (Å²) >= 11 is 0. The normalized spacial score (nSPS) is 14.2. The van der Waals surface area contributed by atoms with Crippen LogP contribution in [0.1, 0.15) is 16.8 Å². The molecule has 2 aromatic heterocycles. The van der Waals surface area contributed by atoms with Crippen LogP contribution in [0.5, 0.6) is 5.75 Å². The SMILES string of the molecule is COc1ccc(-c2nnc3c4ccccc4nc(N4CCCN(C(=O)c5ccccc5)CC4)n23)cc1. The zero-order valence-corrected chi connectivity index (χ0v) is 20.0. The smallest absolute Gasteiger partial charge is 0.253 e. The monoisotopic (exact) mass is 478 g/mol. The fourth-order valence-corrected chi connectivity index (χ4v) is 4.79. The number of rotatable bonds is 4. The molecule has 8 nitrogen and oxygen atoms in total. The third-order valence-electron chi connectivity index (χ3n) is 6.66. The Balaban J connectivity index is 1.41. The lowest BCUT2D eigenvalue weighted by molar-refractivity contribution is 0.0767. The second kappa shape index (κ2) is 9.30. The Hall–Kier alpha value is -4.46. The van der Waals surface area contributed by atoms with Gasteiger partial charge in [-0.1, -0.05) is 30.3 Å². The molecular weight excluding hydrogens is 452 g/mol. The number of carbonyl (C=O) groups excluding carboxylic acids is 1. The first-order chi connectivity index (χ1) is 17.7. The number of hydrogen-bond donors (Lipinski definition) is 0. The number of para-hydroxylation sites is 1. The first kappa shape index (κ1) is 22.0. The van der Waals surface area contributed by atoms with Crippen molar-refractivity contribution < 1.29 is 9.53 Å². The highest BCUT2D eigenvalue weighted by Gasteiger charge is 2.25. The van der Waals surface area contributed by atoms with Gasteiger partial charge in [0.2, 0.25) is 5.95 Å². The van der Waals surface area contributed by atoms with E-state index < -0.39 is 0 Å². The summed E-state index contributed by atoms with van der Waals surface area (Å²) in [5.41, 5.74) is 3.29. The Morgan fingerprint density at radius 2 is 1.61 bits per heavy atom. The molecular formula is C28H26N6O2. The van der Waals surface area contributed by atoms with E-state index >= 15 is 0 Å². The zero-order chi connectivity index (χ0) is 24.5. The Morgan fingerprint density at radius 1 is 0.833 bits per heavy atom. The topological polar surface area (TPSA) is 75.9 Å². The molecule has 0 unspecified atom stereocenters. The summed E-state index contributed by atoms with van der Waals surface area (Å²) in [7, 11) is 1.65. The van der Waals surface area contributed by atoms with Crippen LogP contribution in [0.25, 0.3) is 27.9 Å². The average Bonchev–Trinajstić information content (AvgIpc) is 3.24. The number of benzene rings is 3. The van der Waals surface area contributed by atoms with E-state index in [2.05, 4.69) is 15.1 Å². The van der Waals surface area contributed by atoms with E-state index in [1.165, 1.54) is 0 Å². The minimum atomic E-state index is 0.0669. The second-order valence-electron chi connectivity index (χ2n) is 8.84. The lowest BCUT2D eigenvalue weighted by Crippen LogP contribution is -2.35. The minimum absolute atomic E-state index is 0.0669. The van der Waals surface area contributed by atoms with Gasteiger partial charge >= 0.3 is 0 Å². The molecule has 36 heavy (non-hydrogen) atoms. The number of methoxy groups -OCH3 is 1. The van der Waals surface area contributed by atoms with E-state index in [9.17, 15) is 4.79 Å². The van der Waals surface area contributed by atoms with Crippen LogP contribution in [0.2, 0.25) is 0 Å². The molecule has 0 bridgehead atoms. The fraction of sp³-hybridized carbons (Fsp3) is 0.214. The summed E-state index contributed by atoms with van der Waals surface area (Å²) in [6.45, 7) is 2.76. The quantitative estimate of drug-likeness (QED) is 0.383. The second-order valence-corrected chi connectivity index (χ2v) is 8.84. The van der Waals surface area contributed by atoms with E-state index in [4.69, 9.17) is 9.72 Å². The lowest BCUT2D eigenvalue weighted by atomic mass is 10.2. The highest BCUT2D eigenvalue weighted by molar-refractivity contribution is 5.94. The first-order valence-corrected chi connectivity index (χ1v) is 12.1. The summed E-state index contributed by atoms with van der Waals surface area (Å²) in [6, 6.07) is 25.3. The van der Waals surface area contributed by atoms with Gasteiger partial charge in [0.05, 0.1) is 12.6 Å². The zero-order valence-electron chi connectivity index (χ0n) is 20.0. The van der Waals surface area contributed by atoms with E-state index in [1.54, 1.807) is 7.11 Å². The number of anilines is 1. The van der Waals surface area contributed by atoms with Crippen molar-refractivity contribution in [2.24, 2.45) is 0 Å². The van der Waals surface area contributed by atoms with Gasteiger partial charge in [-0.15, -0.1) is 10.2 Å². The maximum absolute atomic E-state index is 13.1. The standard InChI is InChI=1S/C28H26N6O2/c1-36-22-14-12-20(13-15-22)25-30-31-26-23-10-5-6-11-24(23)29-28(34(25)26)33-17-7-16-32(18-19-33)27(35)21-8-3-2-4-9-21/h2-6,8-15H,7,16-19H2,1H3. The minimum Gasteiger partial charge on any atom is -0.497 e. The Morgan fingerprint density at radius 3 is 2.42 bits per heavy atom. The van der Waals surface area contributed by atoms with E-state index in [-0.39, 0.29) is 5.91 Å². The predicted octanol–water partition coefficient (Wildman–Crippen LogP) is 4.31. The molecule has 0 aliphatic carbocycles. The van der Waals surface area contributed by atoms with Gasteiger partial charge in [0.1, 0.15) is 5.75 Å². The van der Waals surface area contributed by atoms with Crippen LogP contribution in [-0.2, 0) is 0 Å². The Labute approximate surface area is 208 Å². The molecule has 3 aromatic carbocycles. The van der Waals surface area contributed by atoms with Crippen molar-refractivity contribution in [1.29, 1.82) is 0 Å². The van der Waals surface area contributed by atoms with Crippen LogP contribution < -0.4 is 9.64 Å². The molecule has 1 saturated heterocycles. The molecule has 6 rings (SSSR count). The van der Waals surface area contributed by atoms with Crippen molar-refractivity contribution in [3.05, 3.63) is 84.4 Å². The number of fused-ring (bicyclic) bond motifs is 3. The molecule has 0 radical (unpaired) electrons. The molecule has 1 aliphatic heterocycles. The maximum atomic E-state index is 13.1. The Bertz CT molecular complexity index is 1530. The van der Waals surface area contributed by atoms with E-state index in [0.717, 1.165) is 58.2 Å². The summed E-state index contributed by atoms with van der Waals surface area (Å²) in [5.74, 6) is 2.36. The van der Waals surface area contributed by atoms with Crippen LogP contribution >= 0.6 is 0 Å². The molecule has 1 fully saturated rings. The van der Waals surface area contributed by atoms with Gasteiger partial charge < -0.3 is 14.5 Å². The average molecular weight is 479 g/mol. The largest absolute Gasteiger partial charge is 0.497 e. The number of amides is 1. The van der Waals surface area contributed by atoms with Crippen LogP contribution in [0.3, 0.4) is 0 Å². The summed E-state index contributed by atoms with van der Waals surface area (Å²) in [6.07, 6.45) is 0.842. The predicted molar refractivity (Wildman–Crippen MR) is 139 cm³/mol. The number of ether oxygens (including phenoxy) is 1. The molecule has 180 valence electrons. The number of nitrogens with zero attached hydrogens (tertiary/aromatic N) is 6. The third-order valence-corrected chi connectivity index (χ3v) is 6.66. The summed E-state index contributed by atoms with van der Waals surface area (Å²) in [4.78, 5) is 22.3. The van der Waals surface area contributed by atoms with Crippen LogP contribution in [-0.4, -0.2) is 63.7 Å². The molecule has 1 aliphatic rings. The number of carbonyl (C=O) groups is 1. The summed E-state index contributed by atoms with van der Waals surface area (Å²) in [5, 5.41) is 10.1. The molecule has 3 heterocycles. The molecule has 0 atom stereocenters. The van der Waals surface area contributed by atoms with Gasteiger partial charge in [-0.3, -0.25) is 4.79 Å². The molecule has 8 heteroatoms.